The van der Waals surface area contributed by atoms with E-state index >= 15 is 0 Å². The van der Waals surface area contributed by atoms with E-state index in [-0.39, 0.29) is 6.04 Å². The highest BCUT2D eigenvalue weighted by Gasteiger charge is 2.04. The number of nitrogens with two attached hydrogens (primary N) is 1. The molecule has 3 nitrogen and oxygen atoms in total. The van der Waals surface area contributed by atoms with Gasteiger partial charge < -0.3 is 10.5 Å². The molecule has 1 rings (SSSR count). The van der Waals surface area contributed by atoms with E-state index < -0.39 is 0 Å². The largest absolute Gasteiger partial charge is 0.382 e. The van der Waals surface area contributed by atoms with Crippen molar-refractivity contribution in [3.05, 3.63) is 16.6 Å². The van der Waals surface area contributed by atoms with Crippen molar-refractivity contribution >= 4 is 11.3 Å². The summed E-state index contributed by atoms with van der Waals surface area (Å²) in [5.41, 5.74) is 7.82. The van der Waals surface area contributed by atoms with Crippen molar-refractivity contribution in [2.24, 2.45) is 5.73 Å². The fourth-order valence-corrected chi connectivity index (χ4v) is 1.98. The summed E-state index contributed by atoms with van der Waals surface area (Å²) in [5, 5.41) is 0. The van der Waals surface area contributed by atoms with Gasteiger partial charge in [0.15, 0.2) is 0 Å². The fourth-order valence-electron chi connectivity index (χ4n) is 1.30. The first-order valence-corrected chi connectivity index (χ1v) is 5.91. The van der Waals surface area contributed by atoms with Crippen molar-refractivity contribution in [3.8, 4) is 0 Å². The van der Waals surface area contributed by atoms with Gasteiger partial charge in [-0.3, -0.25) is 4.98 Å². The topological polar surface area (TPSA) is 48.1 Å². The first kappa shape index (κ1) is 11.6. The Bertz CT molecular complexity index is 226. The highest BCUT2D eigenvalue weighted by atomic mass is 32.1. The van der Waals surface area contributed by atoms with Gasteiger partial charge in [0.1, 0.15) is 0 Å². The molecule has 0 bridgehead atoms. The normalized spacial score (nSPS) is 13.0. The van der Waals surface area contributed by atoms with Gasteiger partial charge in [-0.15, -0.1) is 11.3 Å². The van der Waals surface area contributed by atoms with E-state index in [0.29, 0.717) is 0 Å². The van der Waals surface area contributed by atoms with Crippen LogP contribution < -0.4 is 5.73 Å². The summed E-state index contributed by atoms with van der Waals surface area (Å²) in [6.45, 7) is 3.63. The fraction of sp³-hybridized carbons (Fsp3) is 0.700. The van der Waals surface area contributed by atoms with Gasteiger partial charge in [-0.05, 0) is 26.2 Å². The zero-order valence-electron chi connectivity index (χ0n) is 8.61. The molecule has 1 unspecified atom stereocenters. The summed E-state index contributed by atoms with van der Waals surface area (Å²) in [6, 6.07) is 0.246. The molecule has 1 atom stereocenters. The highest BCUT2D eigenvalue weighted by Crippen LogP contribution is 2.10. The summed E-state index contributed by atoms with van der Waals surface area (Å²) in [6.07, 6.45) is 4.91. The van der Waals surface area contributed by atoms with E-state index in [2.05, 4.69) is 4.98 Å². The van der Waals surface area contributed by atoms with Crippen LogP contribution in [0.1, 0.15) is 24.6 Å². The van der Waals surface area contributed by atoms with E-state index in [1.54, 1.807) is 11.3 Å². The molecule has 0 radical (unpaired) electrons. The summed E-state index contributed by atoms with van der Waals surface area (Å²) in [7, 11) is 0. The van der Waals surface area contributed by atoms with Gasteiger partial charge in [0, 0.05) is 30.3 Å². The predicted octanol–water partition coefficient (Wildman–Crippen LogP) is 1.83. The Labute approximate surface area is 89.3 Å². The third-order valence-electron chi connectivity index (χ3n) is 2.01. The second-order valence-electron chi connectivity index (χ2n) is 3.27. The molecule has 0 aliphatic carbocycles. The molecule has 0 amide bonds. The van der Waals surface area contributed by atoms with E-state index in [1.165, 1.54) is 4.88 Å². The summed E-state index contributed by atoms with van der Waals surface area (Å²) >= 11 is 1.67. The number of hydrogen-bond donors (Lipinski definition) is 1. The Morgan fingerprint density at radius 1 is 1.64 bits per heavy atom. The Balaban J connectivity index is 2.07. The molecule has 4 heteroatoms. The highest BCUT2D eigenvalue weighted by molar-refractivity contribution is 7.09. The lowest BCUT2D eigenvalue weighted by atomic mass is 10.1. The zero-order valence-corrected chi connectivity index (χ0v) is 9.43. The van der Waals surface area contributed by atoms with Crippen molar-refractivity contribution < 1.29 is 4.74 Å². The summed E-state index contributed by atoms with van der Waals surface area (Å²) in [4.78, 5) is 5.30. The van der Waals surface area contributed by atoms with Crippen molar-refractivity contribution in [1.29, 1.82) is 0 Å². The van der Waals surface area contributed by atoms with Crippen LogP contribution >= 0.6 is 11.3 Å². The number of hydrogen-bond acceptors (Lipinski definition) is 4. The molecule has 1 aromatic rings. The first-order valence-electron chi connectivity index (χ1n) is 5.03. The zero-order chi connectivity index (χ0) is 10.2. The standard InChI is InChI=1S/C10H18N2OS/c1-2-13-5-3-4-9(11)6-10-7-12-8-14-10/h7-9H,2-6,11H2,1H3. The molecule has 80 valence electrons. The summed E-state index contributed by atoms with van der Waals surface area (Å²) in [5.74, 6) is 0. The maximum Gasteiger partial charge on any atom is 0.0794 e. The molecule has 14 heavy (non-hydrogen) atoms. The van der Waals surface area contributed by atoms with Crippen molar-refractivity contribution in [2.45, 2.75) is 32.2 Å². The maximum atomic E-state index is 5.97. The van der Waals surface area contributed by atoms with Crippen LogP contribution in [0.4, 0.5) is 0 Å². The number of aromatic nitrogens is 1. The van der Waals surface area contributed by atoms with Crippen LogP contribution in [-0.2, 0) is 11.2 Å². The average Bonchev–Trinajstić information content (AvgIpc) is 2.65. The predicted molar refractivity (Wildman–Crippen MR) is 59.5 cm³/mol. The molecule has 1 heterocycles. The molecule has 1 aromatic heterocycles. The van der Waals surface area contributed by atoms with Gasteiger partial charge in [-0.1, -0.05) is 0 Å². The lowest BCUT2D eigenvalue weighted by molar-refractivity contribution is 0.142. The molecule has 0 aliphatic rings. The van der Waals surface area contributed by atoms with Crippen LogP contribution in [0, 0.1) is 0 Å². The third kappa shape index (κ3) is 4.69. The molecule has 0 aromatic carbocycles. The average molecular weight is 214 g/mol. The molecule has 0 fully saturated rings. The molecule has 0 saturated carbocycles. The Morgan fingerprint density at radius 3 is 3.14 bits per heavy atom. The Kier molecular flexibility index (Phi) is 5.75. The molecule has 2 N–H and O–H groups in total. The second kappa shape index (κ2) is 6.92. The monoisotopic (exact) mass is 214 g/mol. The Morgan fingerprint density at radius 2 is 2.50 bits per heavy atom. The van der Waals surface area contributed by atoms with Crippen molar-refractivity contribution in [1.82, 2.24) is 4.98 Å². The van der Waals surface area contributed by atoms with Crippen LogP contribution in [0.25, 0.3) is 0 Å². The Hall–Kier alpha value is -0.450. The second-order valence-corrected chi connectivity index (χ2v) is 4.24. The van der Waals surface area contributed by atoms with Crippen molar-refractivity contribution in [3.63, 3.8) is 0 Å². The number of nitrogens with zero attached hydrogens (tertiary/aromatic N) is 1. The minimum Gasteiger partial charge on any atom is -0.382 e. The molecule has 0 saturated heterocycles. The van der Waals surface area contributed by atoms with Crippen molar-refractivity contribution in [2.75, 3.05) is 13.2 Å². The van der Waals surface area contributed by atoms with Crippen LogP contribution in [0.15, 0.2) is 11.7 Å². The van der Waals surface area contributed by atoms with E-state index in [4.69, 9.17) is 10.5 Å². The van der Waals surface area contributed by atoms with Gasteiger partial charge in [0.25, 0.3) is 0 Å². The lowest BCUT2D eigenvalue weighted by Gasteiger charge is -2.09. The van der Waals surface area contributed by atoms with Crippen LogP contribution in [0.2, 0.25) is 0 Å². The van der Waals surface area contributed by atoms with Gasteiger partial charge in [-0.25, -0.2) is 0 Å². The molecular weight excluding hydrogens is 196 g/mol. The van der Waals surface area contributed by atoms with E-state index in [1.807, 2.05) is 18.6 Å². The maximum absolute atomic E-state index is 5.97. The third-order valence-corrected chi connectivity index (χ3v) is 2.82. The minimum atomic E-state index is 0.246. The molecule has 0 spiro atoms. The van der Waals surface area contributed by atoms with Gasteiger partial charge in [0.2, 0.25) is 0 Å². The molecular formula is C10H18N2OS. The lowest BCUT2D eigenvalue weighted by Crippen LogP contribution is -2.22. The van der Waals surface area contributed by atoms with Gasteiger partial charge >= 0.3 is 0 Å². The summed E-state index contributed by atoms with van der Waals surface area (Å²) < 4.78 is 5.25. The van der Waals surface area contributed by atoms with E-state index in [9.17, 15) is 0 Å². The molecule has 0 aliphatic heterocycles. The smallest absolute Gasteiger partial charge is 0.0794 e. The quantitative estimate of drug-likeness (QED) is 0.704. The minimum absolute atomic E-state index is 0.246. The van der Waals surface area contributed by atoms with Gasteiger partial charge in [-0.2, -0.15) is 0 Å². The number of rotatable bonds is 7. The first-order chi connectivity index (χ1) is 6.83. The van der Waals surface area contributed by atoms with Gasteiger partial charge in [0.05, 0.1) is 5.51 Å². The number of thiazole rings is 1. The van der Waals surface area contributed by atoms with Crippen LogP contribution in [-0.4, -0.2) is 24.2 Å². The van der Waals surface area contributed by atoms with E-state index in [0.717, 1.165) is 32.5 Å². The number of ether oxygens (including phenoxy) is 1. The van der Waals surface area contributed by atoms with Crippen LogP contribution in [0.5, 0.6) is 0 Å². The van der Waals surface area contributed by atoms with Crippen LogP contribution in [0.3, 0.4) is 0 Å². The SMILES string of the molecule is CCOCCCC(N)Cc1cncs1.